The second-order valence-corrected chi connectivity index (χ2v) is 4.58. The quantitative estimate of drug-likeness (QED) is 0.522. The van der Waals surface area contributed by atoms with Crippen LogP contribution in [0, 0.1) is 0 Å². The van der Waals surface area contributed by atoms with E-state index in [1.807, 2.05) is 0 Å². The molecule has 1 aliphatic rings. The molecule has 11 heteroatoms. The Morgan fingerprint density at radius 3 is 2.95 bits per heavy atom. The van der Waals surface area contributed by atoms with Gasteiger partial charge in [-0.2, -0.15) is 9.37 Å². The molecule has 1 saturated heterocycles. The third kappa shape index (κ3) is 1.81. The number of nitrogens with zero attached hydrogens (tertiary/aromatic N) is 3. The van der Waals surface area contributed by atoms with E-state index in [1.165, 1.54) is 0 Å². The van der Waals surface area contributed by atoms with Crippen molar-refractivity contribution in [2.45, 2.75) is 24.4 Å². The Balaban J connectivity index is 2.19. The fourth-order valence-electron chi connectivity index (χ4n) is 2.23. The van der Waals surface area contributed by atoms with Gasteiger partial charge in [-0.15, -0.1) is 0 Å². The van der Waals surface area contributed by atoms with Gasteiger partial charge in [-0.25, -0.2) is 9.37 Å². The zero-order chi connectivity index (χ0) is 15.4. The van der Waals surface area contributed by atoms with Gasteiger partial charge in [0.1, 0.15) is 18.5 Å². The van der Waals surface area contributed by atoms with Crippen molar-refractivity contribution < 1.29 is 23.7 Å². The topological polar surface area (TPSA) is 139 Å². The number of halogens is 2. The number of hydrogen-bond donors (Lipinski definition) is 4. The van der Waals surface area contributed by atoms with E-state index in [1.54, 1.807) is 0 Å². The first-order valence-corrected chi connectivity index (χ1v) is 5.91. The van der Waals surface area contributed by atoms with Gasteiger partial charge in [-0.05, 0) is 0 Å². The largest absolute Gasteiger partial charge is 0.394 e. The highest BCUT2D eigenvalue weighted by molar-refractivity contribution is 5.70. The predicted octanol–water partition coefficient (Wildman–Crippen LogP) is -1.63. The molecule has 9 nitrogen and oxygen atoms in total. The molecule has 2 aromatic heterocycles. The lowest BCUT2D eigenvalue weighted by molar-refractivity contribution is -0.222. The van der Waals surface area contributed by atoms with Crippen LogP contribution in [-0.4, -0.2) is 54.7 Å². The molecule has 0 unspecified atom stereocenters. The zero-order valence-corrected chi connectivity index (χ0v) is 10.4. The van der Waals surface area contributed by atoms with Gasteiger partial charge in [0.05, 0.1) is 6.61 Å². The van der Waals surface area contributed by atoms with Gasteiger partial charge in [0, 0.05) is 0 Å². The lowest BCUT2D eigenvalue weighted by Gasteiger charge is -2.23. The standard InChI is InChI=1S/C10H11F2N5O4/c11-6-5(19)3(1-18)21-10(6,12)17-2-14-4-7(17)15-9(13)16-8(4)20/h2-3,5-6,18-19H,1H2,(H3,13,15,16,20)/t3-,5-,6-,10+/m1/s1. The zero-order valence-electron chi connectivity index (χ0n) is 10.4. The number of nitrogens with two attached hydrogens (primary N) is 1. The number of anilines is 1. The summed E-state index contributed by atoms with van der Waals surface area (Å²) < 4.78 is 34.1. The normalized spacial score (nSPS) is 32.9. The van der Waals surface area contributed by atoms with Crippen molar-refractivity contribution in [3.63, 3.8) is 0 Å². The molecule has 0 radical (unpaired) electrons. The van der Waals surface area contributed by atoms with Gasteiger partial charge in [-0.1, -0.05) is 0 Å². The third-order valence-electron chi connectivity index (χ3n) is 3.27. The van der Waals surface area contributed by atoms with Crippen LogP contribution in [0.3, 0.4) is 0 Å². The Morgan fingerprint density at radius 1 is 1.62 bits per heavy atom. The summed E-state index contributed by atoms with van der Waals surface area (Å²) in [5.74, 6) is -3.47. The van der Waals surface area contributed by atoms with Crippen molar-refractivity contribution in [3.05, 3.63) is 16.7 Å². The van der Waals surface area contributed by atoms with Crippen molar-refractivity contribution >= 4 is 17.1 Å². The molecule has 5 N–H and O–H groups in total. The number of aromatic nitrogens is 4. The van der Waals surface area contributed by atoms with Crippen LogP contribution >= 0.6 is 0 Å². The monoisotopic (exact) mass is 303 g/mol. The van der Waals surface area contributed by atoms with Gasteiger partial charge < -0.3 is 20.7 Å². The summed E-state index contributed by atoms with van der Waals surface area (Å²) in [6.45, 7) is -0.782. The molecule has 3 heterocycles. The number of aliphatic hydroxyl groups excluding tert-OH is 2. The number of nitrogen functional groups attached to an aromatic ring is 1. The van der Waals surface area contributed by atoms with E-state index in [4.69, 9.17) is 15.6 Å². The van der Waals surface area contributed by atoms with Crippen LogP contribution in [0.2, 0.25) is 0 Å². The maximum atomic E-state index is 14.8. The summed E-state index contributed by atoms with van der Waals surface area (Å²) in [7, 11) is 0. The van der Waals surface area contributed by atoms with Crippen molar-refractivity contribution in [1.29, 1.82) is 0 Å². The number of nitrogens with one attached hydrogen (secondary N) is 1. The predicted molar refractivity (Wildman–Crippen MR) is 64.5 cm³/mol. The first kappa shape index (κ1) is 13.9. The fourth-order valence-corrected chi connectivity index (χ4v) is 2.23. The molecule has 0 spiro atoms. The minimum Gasteiger partial charge on any atom is -0.394 e. The maximum Gasteiger partial charge on any atom is 0.331 e. The van der Waals surface area contributed by atoms with E-state index < -0.39 is 36.5 Å². The molecule has 1 aliphatic heterocycles. The van der Waals surface area contributed by atoms with E-state index in [2.05, 4.69) is 15.0 Å². The Morgan fingerprint density at radius 2 is 2.33 bits per heavy atom. The molecular weight excluding hydrogens is 292 g/mol. The van der Waals surface area contributed by atoms with Crippen LogP contribution in [0.4, 0.5) is 14.7 Å². The summed E-state index contributed by atoms with van der Waals surface area (Å²) in [4.78, 5) is 21.1. The molecule has 4 atom stereocenters. The summed E-state index contributed by atoms with van der Waals surface area (Å²) >= 11 is 0. The molecule has 114 valence electrons. The van der Waals surface area contributed by atoms with Crippen LogP contribution in [0.1, 0.15) is 0 Å². The van der Waals surface area contributed by atoms with Crippen LogP contribution < -0.4 is 11.3 Å². The molecule has 0 aliphatic carbocycles. The van der Waals surface area contributed by atoms with Gasteiger partial charge in [0.25, 0.3) is 5.56 Å². The molecule has 21 heavy (non-hydrogen) atoms. The van der Waals surface area contributed by atoms with Crippen LogP contribution in [0.25, 0.3) is 11.2 Å². The summed E-state index contributed by atoms with van der Waals surface area (Å²) in [6, 6.07) is 0. The Hall–Kier alpha value is -2.11. The number of ether oxygens (including phenoxy) is 1. The Labute approximate surface area is 115 Å². The van der Waals surface area contributed by atoms with Gasteiger partial charge in [0.2, 0.25) is 12.1 Å². The maximum absolute atomic E-state index is 14.8. The minimum atomic E-state index is -3.16. The molecule has 2 aromatic rings. The second kappa shape index (κ2) is 4.44. The van der Waals surface area contributed by atoms with E-state index in [-0.39, 0.29) is 17.1 Å². The number of rotatable bonds is 2. The highest BCUT2D eigenvalue weighted by atomic mass is 19.2. The number of alkyl halides is 2. The number of fused-ring (bicyclic) bond motifs is 1. The summed E-state index contributed by atoms with van der Waals surface area (Å²) in [5, 5.41) is 18.5. The number of H-pyrrole nitrogens is 1. The highest BCUT2D eigenvalue weighted by Gasteiger charge is 2.58. The molecule has 0 bridgehead atoms. The first-order chi connectivity index (χ1) is 9.88. The van der Waals surface area contributed by atoms with Crippen molar-refractivity contribution in [2.75, 3.05) is 12.3 Å². The average Bonchev–Trinajstić information content (AvgIpc) is 2.95. The van der Waals surface area contributed by atoms with Crippen LogP contribution in [0.15, 0.2) is 11.1 Å². The fraction of sp³-hybridized carbons (Fsp3) is 0.500. The SMILES string of the molecule is Nc1nc2c(ncn2[C@]2(F)O[C@H](CO)[C@@H](O)[C@H]2F)c(=O)[nH]1. The molecule has 0 aromatic carbocycles. The second-order valence-electron chi connectivity index (χ2n) is 4.58. The number of imidazole rings is 1. The molecule has 0 amide bonds. The van der Waals surface area contributed by atoms with E-state index in [0.717, 1.165) is 6.33 Å². The molecular formula is C10H11F2N5O4. The van der Waals surface area contributed by atoms with E-state index in [9.17, 15) is 18.7 Å². The smallest absolute Gasteiger partial charge is 0.331 e. The number of aromatic amines is 1. The third-order valence-corrected chi connectivity index (χ3v) is 3.27. The van der Waals surface area contributed by atoms with Crippen LogP contribution in [-0.2, 0) is 10.7 Å². The number of hydrogen-bond acceptors (Lipinski definition) is 7. The van der Waals surface area contributed by atoms with Gasteiger partial charge in [-0.3, -0.25) is 14.3 Å². The van der Waals surface area contributed by atoms with E-state index in [0.29, 0.717) is 4.57 Å². The molecule has 0 saturated carbocycles. The van der Waals surface area contributed by atoms with Crippen molar-refractivity contribution in [2.24, 2.45) is 0 Å². The van der Waals surface area contributed by atoms with Crippen molar-refractivity contribution in [3.8, 4) is 0 Å². The number of aliphatic hydroxyl groups is 2. The average molecular weight is 303 g/mol. The molecule has 1 fully saturated rings. The summed E-state index contributed by atoms with van der Waals surface area (Å²) in [5.41, 5.74) is 4.02. The minimum absolute atomic E-state index is 0.265. The highest BCUT2D eigenvalue weighted by Crippen LogP contribution is 2.40. The molecule has 3 rings (SSSR count). The van der Waals surface area contributed by atoms with Gasteiger partial charge >= 0.3 is 5.98 Å². The van der Waals surface area contributed by atoms with Crippen LogP contribution in [0.5, 0.6) is 0 Å². The van der Waals surface area contributed by atoms with Crippen molar-refractivity contribution in [1.82, 2.24) is 19.5 Å². The summed E-state index contributed by atoms with van der Waals surface area (Å²) in [6.07, 6.45) is -5.03. The van der Waals surface area contributed by atoms with Gasteiger partial charge in [0.15, 0.2) is 11.2 Å². The Bertz CT molecular complexity index is 749. The Kier molecular flexibility index (Phi) is 2.93. The first-order valence-electron chi connectivity index (χ1n) is 5.91. The lowest BCUT2D eigenvalue weighted by Crippen LogP contribution is -2.39. The van der Waals surface area contributed by atoms with E-state index >= 15 is 0 Å². The lowest BCUT2D eigenvalue weighted by atomic mass is 10.1.